The lowest BCUT2D eigenvalue weighted by atomic mass is 10.1. The normalized spacial score (nSPS) is 19.4. The average molecular weight is 456 g/mol. The number of fused-ring (bicyclic) bond motifs is 4. The van der Waals surface area contributed by atoms with E-state index in [1.54, 1.807) is 24.4 Å². The van der Waals surface area contributed by atoms with Crippen LogP contribution in [0.5, 0.6) is 0 Å². The predicted molar refractivity (Wildman–Crippen MR) is 115 cm³/mol. The van der Waals surface area contributed by atoms with Crippen molar-refractivity contribution in [3.8, 4) is 11.3 Å². The zero-order chi connectivity index (χ0) is 23.3. The summed E-state index contributed by atoms with van der Waals surface area (Å²) in [7, 11) is 0. The maximum Gasteiger partial charge on any atom is 0.417 e. The molecule has 0 aromatic carbocycles. The molecule has 2 amide bonds. The second-order valence-electron chi connectivity index (χ2n) is 8.09. The summed E-state index contributed by atoms with van der Waals surface area (Å²) < 4.78 is 39.5. The van der Waals surface area contributed by atoms with Crippen molar-refractivity contribution >= 4 is 23.2 Å². The van der Waals surface area contributed by atoms with Crippen molar-refractivity contribution in [3.63, 3.8) is 0 Å². The molecule has 5 rings (SSSR count). The fourth-order valence-corrected chi connectivity index (χ4v) is 4.19. The summed E-state index contributed by atoms with van der Waals surface area (Å²) >= 11 is 0. The van der Waals surface area contributed by atoms with E-state index in [1.807, 2.05) is 11.8 Å². The van der Waals surface area contributed by atoms with Gasteiger partial charge in [0.2, 0.25) is 0 Å². The van der Waals surface area contributed by atoms with Gasteiger partial charge in [-0.2, -0.15) is 13.2 Å². The molecule has 3 aromatic heterocycles. The summed E-state index contributed by atoms with van der Waals surface area (Å²) in [4.78, 5) is 28.8. The molecule has 33 heavy (non-hydrogen) atoms. The lowest BCUT2D eigenvalue weighted by molar-refractivity contribution is -0.137. The Kier molecular flexibility index (Phi) is 4.93. The third-order valence-corrected chi connectivity index (χ3v) is 5.72. The summed E-state index contributed by atoms with van der Waals surface area (Å²) in [6, 6.07) is 4.93. The summed E-state index contributed by atoms with van der Waals surface area (Å²) in [5.74, 6) is 0.260. The Morgan fingerprint density at radius 2 is 1.91 bits per heavy atom. The van der Waals surface area contributed by atoms with E-state index in [4.69, 9.17) is 0 Å². The number of aliphatic hydroxyl groups is 1. The van der Waals surface area contributed by atoms with Crippen LogP contribution in [-0.2, 0) is 6.18 Å². The maximum atomic E-state index is 13.3. The Labute approximate surface area is 186 Å². The number of alkyl halides is 3. The molecule has 1 saturated heterocycles. The van der Waals surface area contributed by atoms with Crippen LogP contribution in [0.4, 0.5) is 35.2 Å². The van der Waals surface area contributed by atoms with Gasteiger partial charge in [-0.15, -0.1) is 0 Å². The highest BCUT2D eigenvalue weighted by molar-refractivity contribution is 6.05. The number of aryl methyl sites for hydroxylation is 1. The SMILES string of the molecule is Cc1cncc(NC(=O)N2c3nc(-c4cncc(C(F)(F)F)c4)ccc3N3C[C@@H](O)[C@H]2C3)c1. The van der Waals surface area contributed by atoms with Gasteiger partial charge in [0, 0.05) is 37.2 Å². The van der Waals surface area contributed by atoms with Crippen LogP contribution < -0.4 is 15.1 Å². The van der Waals surface area contributed by atoms with Gasteiger partial charge in [0.05, 0.1) is 41.0 Å². The first kappa shape index (κ1) is 21.1. The molecule has 0 radical (unpaired) electrons. The minimum absolute atomic E-state index is 0.171. The number of pyridine rings is 3. The van der Waals surface area contributed by atoms with E-state index in [1.165, 1.54) is 17.3 Å². The van der Waals surface area contributed by atoms with Gasteiger partial charge in [-0.1, -0.05) is 0 Å². The summed E-state index contributed by atoms with van der Waals surface area (Å²) in [5.41, 5.74) is 1.47. The smallest absolute Gasteiger partial charge is 0.389 e. The number of urea groups is 1. The van der Waals surface area contributed by atoms with E-state index >= 15 is 0 Å². The molecule has 170 valence electrons. The Bertz CT molecular complexity index is 1230. The second kappa shape index (κ2) is 7.69. The zero-order valence-corrected chi connectivity index (χ0v) is 17.4. The molecular weight excluding hydrogens is 437 g/mol. The third kappa shape index (κ3) is 3.84. The van der Waals surface area contributed by atoms with E-state index < -0.39 is 29.9 Å². The van der Waals surface area contributed by atoms with Gasteiger partial charge in [0.15, 0.2) is 5.82 Å². The lowest BCUT2D eigenvalue weighted by Crippen LogP contribution is -2.51. The van der Waals surface area contributed by atoms with Crippen molar-refractivity contribution in [1.29, 1.82) is 0 Å². The summed E-state index contributed by atoms with van der Waals surface area (Å²) in [6.45, 7) is 2.58. The van der Waals surface area contributed by atoms with Crippen molar-refractivity contribution in [2.24, 2.45) is 0 Å². The second-order valence-corrected chi connectivity index (χ2v) is 8.09. The molecule has 0 aliphatic carbocycles. The Hall–Kier alpha value is -3.73. The molecule has 2 aliphatic rings. The van der Waals surface area contributed by atoms with Gasteiger partial charge in [-0.25, -0.2) is 9.78 Å². The molecular formula is C22H19F3N6O2. The van der Waals surface area contributed by atoms with E-state index in [0.29, 0.717) is 24.5 Å². The lowest BCUT2D eigenvalue weighted by Gasteiger charge is -2.36. The van der Waals surface area contributed by atoms with Crippen molar-refractivity contribution in [3.05, 3.63) is 60.2 Å². The summed E-state index contributed by atoms with van der Waals surface area (Å²) in [6.07, 6.45) is -0.148. The monoisotopic (exact) mass is 456 g/mol. The third-order valence-electron chi connectivity index (χ3n) is 5.72. The quantitative estimate of drug-likeness (QED) is 0.613. The number of rotatable bonds is 2. The molecule has 2 N–H and O–H groups in total. The number of carbonyl (C=O) groups is 1. The highest BCUT2D eigenvalue weighted by atomic mass is 19.4. The number of aromatic nitrogens is 3. The topological polar surface area (TPSA) is 94.5 Å². The van der Waals surface area contributed by atoms with Gasteiger partial charge in [-0.05, 0) is 36.8 Å². The largest absolute Gasteiger partial charge is 0.417 e. The Morgan fingerprint density at radius 1 is 1.12 bits per heavy atom. The molecule has 1 fully saturated rings. The number of anilines is 3. The number of amides is 2. The van der Waals surface area contributed by atoms with Crippen LogP contribution in [0.15, 0.2) is 49.1 Å². The van der Waals surface area contributed by atoms with Crippen LogP contribution >= 0.6 is 0 Å². The molecule has 8 nitrogen and oxygen atoms in total. The van der Waals surface area contributed by atoms with Gasteiger partial charge in [0.1, 0.15) is 0 Å². The maximum absolute atomic E-state index is 13.3. The van der Waals surface area contributed by atoms with Gasteiger partial charge in [0.25, 0.3) is 0 Å². The molecule has 2 aliphatic heterocycles. The highest BCUT2D eigenvalue weighted by Crippen LogP contribution is 2.41. The van der Waals surface area contributed by atoms with Crippen LogP contribution in [0.25, 0.3) is 11.3 Å². The molecule has 0 spiro atoms. The van der Waals surface area contributed by atoms with E-state index in [9.17, 15) is 23.1 Å². The number of nitrogens with zero attached hydrogens (tertiary/aromatic N) is 5. The van der Waals surface area contributed by atoms with Gasteiger partial charge >= 0.3 is 12.2 Å². The molecule has 0 unspecified atom stereocenters. The van der Waals surface area contributed by atoms with Gasteiger partial charge < -0.3 is 15.3 Å². The predicted octanol–water partition coefficient (Wildman–Crippen LogP) is 3.47. The number of carbonyl (C=O) groups excluding carboxylic acids is 1. The molecule has 0 saturated carbocycles. The number of hydrogen-bond acceptors (Lipinski definition) is 6. The van der Waals surface area contributed by atoms with Crippen LogP contribution in [0, 0.1) is 6.92 Å². The van der Waals surface area contributed by atoms with Crippen LogP contribution in [0.3, 0.4) is 0 Å². The molecule has 2 bridgehead atoms. The summed E-state index contributed by atoms with van der Waals surface area (Å²) in [5, 5.41) is 13.4. The average Bonchev–Trinajstić information content (AvgIpc) is 3.09. The highest BCUT2D eigenvalue weighted by Gasteiger charge is 2.45. The first-order valence-corrected chi connectivity index (χ1v) is 10.2. The minimum atomic E-state index is -4.54. The minimum Gasteiger partial charge on any atom is -0.389 e. The van der Waals surface area contributed by atoms with Gasteiger partial charge in [-0.3, -0.25) is 14.9 Å². The number of halogens is 3. The van der Waals surface area contributed by atoms with Crippen LogP contribution in [-0.4, -0.2) is 51.3 Å². The number of aliphatic hydroxyl groups excluding tert-OH is 1. The Morgan fingerprint density at radius 3 is 2.67 bits per heavy atom. The Balaban J connectivity index is 1.55. The molecule has 5 heterocycles. The van der Waals surface area contributed by atoms with E-state index in [0.717, 1.165) is 17.8 Å². The van der Waals surface area contributed by atoms with Crippen molar-refractivity contribution in [2.45, 2.75) is 25.2 Å². The molecule has 3 aromatic rings. The van der Waals surface area contributed by atoms with Crippen molar-refractivity contribution < 1.29 is 23.1 Å². The van der Waals surface area contributed by atoms with Crippen molar-refractivity contribution in [1.82, 2.24) is 15.0 Å². The van der Waals surface area contributed by atoms with Crippen molar-refractivity contribution in [2.75, 3.05) is 28.2 Å². The standard InChI is InChI=1S/C22H19F3N6O2/c1-12-4-15(9-26-6-12)28-21(33)31-18-10-30(11-19(18)32)17-3-2-16(29-20(17)31)13-5-14(8-27-7-13)22(23,24)25/h2-9,18-19,32H,10-11H2,1H3,(H,28,33)/t18-,19-/m1/s1. The fraction of sp³-hybridized carbons (Fsp3) is 0.273. The van der Waals surface area contributed by atoms with Crippen LogP contribution in [0.2, 0.25) is 0 Å². The first-order valence-electron chi connectivity index (χ1n) is 10.2. The fourth-order valence-electron chi connectivity index (χ4n) is 4.19. The van der Waals surface area contributed by atoms with E-state index in [-0.39, 0.29) is 17.1 Å². The van der Waals surface area contributed by atoms with E-state index in [2.05, 4.69) is 20.3 Å². The number of hydrogen-bond donors (Lipinski definition) is 2. The van der Waals surface area contributed by atoms with Crippen LogP contribution in [0.1, 0.15) is 11.1 Å². The number of nitrogens with one attached hydrogen (secondary N) is 1. The molecule has 2 atom stereocenters. The molecule has 11 heteroatoms. The first-order chi connectivity index (χ1) is 15.7. The zero-order valence-electron chi connectivity index (χ0n) is 17.4.